The van der Waals surface area contributed by atoms with Crippen LogP contribution < -0.4 is 5.32 Å². The van der Waals surface area contributed by atoms with Crippen LogP contribution in [0.15, 0.2) is 22.7 Å². The summed E-state index contributed by atoms with van der Waals surface area (Å²) in [6.07, 6.45) is 1.23. The molecule has 0 aliphatic carbocycles. The topological polar surface area (TPSA) is 12.0 Å². The van der Waals surface area contributed by atoms with Gasteiger partial charge in [0, 0.05) is 17.1 Å². The van der Waals surface area contributed by atoms with Crippen molar-refractivity contribution in [3.8, 4) is 0 Å². The fourth-order valence-electron chi connectivity index (χ4n) is 1.83. The van der Waals surface area contributed by atoms with Crippen LogP contribution in [0.2, 0.25) is 0 Å². The zero-order valence-electron chi connectivity index (χ0n) is 10.7. The lowest BCUT2D eigenvalue weighted by molar-refractivity contribution is 0.441. The molecule has 1 aromatic carbocycles. The first-order valence-electron chi connectivity index (χ1n) is 5.97. The quantitative estimate of drug-likeness (QED) is 0.851. The highest BCUT2D eigenvalue weighted by molar-refractivity contribution is 9.10. The molecule has 1 aromatic rings. The van der Waals surface area contributed by atoms with Crippen molar-refractivity contribution in [3.05, 3.63) is 33.8 Å². The largest absolute Gasteiger partial charge is 0.310 e. The molecule has 1 N–H and O–H groups in total. The molecule has 0 radical (unpaired) electrons. The van der Waals surface area contributed by atoms with Crippen LogP contribution in [-0.2, 0) is 6.54 Å². The fraction of sp³-hybridized carbons (Fsp3) is 0.571. The molecule has 0 bridgehead atoms. The Balaban J connectivity index is 2.45. The van der Waals surface area contributed by atoms with Crippen molar-refractivity contribution in [2.24, 2.45) is 5.92 Å². The van der Waals surface area contributed by atoms with E-state index in [-0.39, 0.29) is 0 Å². The molecular formula is C14H22BrN. The molecule has 0 aliphatic rings. The van der Waals surface area contributed by atoms with E-state index in [2.05, 4.69) is 67.1 Å². The van der Waals surface area contributed by atoms with Gasteiger partial charge in [0.15, 0.2) is 0 Å². The van der Waals surface area contributed by atoms with Crippen LogP contribution in [0.25, 0.3) is 0 Å². The van der Waals surface area contributed by atoms with Crippen molar-refractivity contribution in [2.45, 2.75) is 46.7 Å². The van der Waals surface area contributed by atoms with Gasteiger partial charge in [0.05, 0.1) is 0 Å². The van der Waals surface area contributed by atoms with Gasteiger partial charge in [-0.3, -0.25) is 0 Å². The molecule has 0 spiro atoms. The summed E-state index contributed by atoms with van der Waals surface area (Å²) in [5.41, 5.74) is 2.63. The smallest absolute Gasteiger partial charge is 0.0208 e. The summed E-state index contributed by atoms with van der Waals surface area (Å²) in [7, 11) is 0. The van der Waals surface area contributed by atoms with Crippen LogP contribution in [0.1, 0.15) is 38.3 Å². The summed E-state index contributed by atoms with van der Waals surface area (Å²) in [5, 5.41) is 3.56. The van der Waals surface area contributed by atoms with Crippen LogP contribution in [0.3, 0.4) is 0 Å². The van der Waals surface area contributed by atoms with E-state index in [1.807, 2.05) is 0 Å². The standard InChI is InChI=1S/C14H22BrN/c1-10(2)7-12(4)16-9-13-6-5-11(3)14(15)8-13/h5-6,8,10,12,16H,7,9H2,1-4H3. The van der Waals surface area contributed by atoms with Gasteiger partial charge in [-0.1, -0.05) is 41.9 Å². The minimum absolute atomic E-state index is 0.583. The molecule has 16 heavy (non-hydrogen) atoms. The van der Waals surface area contributed by atoms with Gasteiger partial charge < -0.3 is 5.32 Å². The first kappa shape index (κ1) is 13.7. The van der Waals surface area contributed by atoms with Crippen molar-refractivity contribution >= 4 is 15.9 Å². The zero-order valence-corrected chi connectivity index (χ0v) is 12.3. The van der Waals surface area contributed by atoms with Gasteiger partial charge in [-0.05, 0) is 43.4 Å². The zero-order chi connectivity index (χ0) is 12.1. The molecule has 1 nitrogen and oxygen atoms in total. The molecular weight excluding hydrogens is 262 g/mol. The summed E-state index contributed by atoms with van der Waals surface area (Å²) in [6.45, 7) is 9.85. The second-order valence-corrected chi connectivity index (χ2v) is 5.85. The molecule has 1 unspecified atom stereocenters. The predicted octanol–water partition coefficient (Wildman–Crippen LogP) is 4.28. The molecule has 0 amide bonds. The Morgan fingerprint density at radius 2 is 1.94 bits per heavy atom. The molecule has 0 saturated carbocycles. The van der Waals surface area contributed by atoms with Gasteiger partial charge in [0.1, 0.15) is 0 Å². The molecule has 0 fully saturated rings. The molecule has 0 heterocycles. The van der Waals surface area contributed by atoms with E-state index in [4.69, 9.17) is 0 Å². The van der Waals surface area contributed by atoms with Gasteiger partial charge in [0.2, 0.25) is 0 Å². The van der Waals surface area contributed by atoms with Gasteiger partial charge in [-0.2, -0.15) is 0 Å². The Labute approximate surface area is 108 Å². The Kier molecular flexibility index (Phi) is 5.50. The van der Waals surface area contributed by atoms with Crippen molar-refractivity contribution in [2.75, 3.05) is 0 Å². The predicted molar refractivity (Wildman–Crippen MR) is 74.6 cm³/mol. The molecule has 2 heteroatoms. The Morgan fingerprint density at radius 1 is 1.25 bits per heavy atom. The number of hydrogen-bond acceptors (Lipinski definition) is 1. The Hall–Kier alpha value is -0.340. The Morgan fingerprint density at radius 3 is 2.50 bits per heavy atom. The monoisotopic (exact) mass is 283 g/mol. The summed E-state index contributed by atoms with van der Waals surface area (Å²) in [4.78, 5) is 0. The number of benzene rings is 1. The summed E-state index contributed by atoms with van der Waals surface area (Å²) < 4.78 is 1.20. The second-order valence-electron chi connectivity index (χ2n) is 5.00. The van der Waals surface area contributed by atoms with Crippen LogP contribution in [0.5, 0.6) is 0 Å². The third-order valence-electron chi connectivity index (χ3n) is 2.72. The van der Waals surface area contributed by atoms with E-state index in [9.17, 15) is 0 Å². The lowest BCUT2D eigenvalue weighted by atomic mass is 10.0. The van der Waals surface area contributed by atoms with Crippen molar-refractivity contribution in [1.82, 2.24) is 5.32 Å². The highest BCUT2D eigenvalue weighted by atomic mass is 79.9. The number of aryl methyl sites for hydroxylation is 1. The van der Waals surface area contributed by atoms with Gasteiger partial charge >= 0.3 is 0 Å². The molecule has 1 rings (SSSR count). The van der Waals surface area contributed by atoms with E-state index < -0.39 is 0 Å². The maximum atomic E-state index is 3.57. The van der Waals surface area contributed by atoms with E-state index in [0.29, 0.717) is 6.04 Å². The van der Waals surface area contributed by atoms with Gasteiger partial charge in [-0.15, -0.1) is 0 Å². The molecule has 0 aliphatic heterocycles. The number of halogens is 1. The van der Waals surface area contributed by atoms with Crippen LogP contribution in [-0.4, -0.2) is 6.04 Å². The van der Waals surface area contributed by atoms with E-state index >= 15 is 0 Å². The van der Waals surface area contributed by atoms with Crippen molar-refractivity contribution in [1.29, 1.82) is 0 Å². The first-order chi connectivity index (χ1) is 7.49. The van der Waals surface area contributed by atoms with Crippen LogP contribution >= 0.6 is 15.9 Å². The number of hydrogen-bond donors (Lipinski definition) is 1. The third kappa shape index (κ3) is 4.67. The molecule has 90 valence electrons. The van der Waals surface area contributed by atoms with Gasteiger partial charge in [0.25, 0.3) is 0 Å². The second kappa shape index (κ2) is 6.41. The summed E-state index contributed by atoms with van der Waals surface area (Å²) in [6, 6.07) is 7.13. The van der Waals surface area contributed by atoms with Crippen molar-refractivity contribution < 1.29 is 0 Å². The lowest BCUT2D eigenvalue weighted by Gasteiger charge is -2.16. The fourth-order valence-corrected chi connectivity index (χ4v) is 2.26. The summed E-state index contributed by atoms with van der Waals surface area (Å²) in [5.74, 6) is 0.757. The minimum atomic E-state index is 0.583. The van der Waals surface area contributed by atoms with E-state index in [0.717, 1.165) is 12.5 Å². The van der Waals surface area contributed by atoms with Crippen molar-refractivity contribution in [3.63, 3.8) is 0 Å². The minimum Gasteiger partial charge on any atom is -0.310 e. The molecule has 0 aromatic heterocycles. The number of nitrogens with one attached hydrogen (secondary N) is 1. The van der Waals surface area contributed by atoms with E-state index in [1.54, 1.807) is 0 Å². The maximum absolute atomic E-state index is 3.57. The number of rotatable bonds is 5. The van der Waals surface area contributed by atoms with E-state index in [1.165, 1.54) is 22.0 Å². The third-order valence-corrected chi connectivity index (χ3v) is 3.57. The molecule has 0 saturated heterocycles. The van der Waals surface area contributed by atoms with Gasteiger partial charge in [-0.25, -0.2) is 0 Å². The normalized spacial score (nSPS) is 13.1. The first-order valence-corrected chi connectivity index (χ1v) is 6.76. The maximum Gasteiger partial charge on any atom is 0.0208 e. The average Bonchev–Trinajstić information content (AvgIpc) is 2.19. The Bertz CT molecular complexity index is 334. The van der Waals surface area contributed by atoms with Crippen LogP contribution in [0, 0.1) is 12.8 Å². The SMILES string of the molecule is Cc1ccc(CNC(C)CC(C)C)cc1Br. The summed E-state index contributed by atoms with van der Waals surface area (Å²) >= 11 is 3.57. The van der Waals surface area contributed by atoms with Crippen LogP contribution in [0.4, 0.5) is 0 Å². The lowest BCUT2D eigenvalue weighted by Crippen LogP contribution is -2.26. The average molecular weight is 284 g/mol. The highest BCUT2D eigenvalue weighted by Crippen LogP contribution is 2.17. The highest BCUT2D eigenvalue weighted by Gasteiger charge is 2.04. The molecule has 1 atom stereocenters.